The molecule has 1 aromatic heterocycles. The van der Waals surface area contributed by atoms with Crippen molar-refractivity contribution in [1.82, 2.24) is 0 Å². The Kier molecular flexibility index (Phi) is 4.07. The number of fused-ring (bicyclic) bond motifs is 3. The molecular formula is C28H36O5. The van der Waals surface area contributed by atoms with Gasteiger partial charge in [0.1, 0.15) is 11.7 Å². The molecule has 3 saturated carbocycles. The summed E-state index contributed by atoms with van der Waals surface area (Å²) in [4.78, 5) is 25.3. The molecule has 5 aliphatic rings. The van der Waals surface area contributed by atoms with Crippen molar-refractivity contribution in [2.45, 2.75) is 91.0 Å². The number of allylic oxidation sites excluding steroid dienone is 2. The van der Waals surface area contributed by atoms with Crippen molar-refractivity contribution in [1.29, 1.82) is 0 Å². The highest BCUT2D eigenvalue weighted by atomic mass is 16.6. The molecular weight excluding hydrogens is 416 g/mol. The van der Waals surface area contributed by atoms with Crippen LogP contribution in [0.15, 0.2) is 35.2 Å². The summed E-state index contributed by atoms with van der Waals surface area (Å²) >= 11 is 0. The standard InChI is InChI=1S/C28H36O5/c1-16(29)32-22-14-20-24(2,3)21(30)8-10-25(20,4)19-7-11-26(5)18(17-9-12-31-15-17)13-23-28(26,33-23)27(19,22)6/h8-10,12,15,18-20,22-23H,7,11,13-14H2,1-6H3. The summed E-state index contributed by atoms with van der Waals surface area (Å²) in [6, 6.07) is 2.10. The summed E-state index contributed by atoms with van der Waals surface area (Å²) in [7, 11) is 0. The Labute approximate surface area is 196 Å². The Hall–Kier alpha value is -1.88. The van der Waals surface area contributed by atoms with Crippen LogP contribution in [0, 0.1) is 33.5 Å². The lowest BCUT2D eigenvalue weighted by atomic mass is 9.36. The number of ketones is 1. The fraction of sp³-hybridized carbons (Fsp3) is 0.714. The van der Waals surface area contributed by atoms with Crippen molar-refractivity contribution in [3.8, 4) is 0 Å². The number of carbonyl (C=O) groups is 2. The first-order valence-corrected chi connectivity index (χ1v) is 12.5. The maximum Gasteiger partial charge on any atom is 0.302 e. The van der Waals surface area contributed by atoms with Crippen molar-refractivity contribution >= 4 is 11.8 Å². The number of hydrogen-bond donors (Lipinski definition) is 0. The highest BCUT2D eigenvalue weighted by Crippen LogP contribution is 2.82. The minimum absolute atomic E-state index is 0.0574. The zero-order chi connectivity index (χ0) is 23.6. The maximum atomic E-state index is 12.9. The molecule has 33 heavy (non-hydrogen) atoms. The maximum absolute atomic E-state index is 12.9. The molecule has 0 amide bonds. The normalized spacial score (nSPS) is 51.2. The number of esters is 1. The first kappa shape index (κ1) is 21.6. The lowest BCUT2D eigenvalue weighted by molar-refractivity contribution is -0.232. The predicted octanol–water partition coefficient (Wildman–Crippen LogP) is 5.45. The largest absolute Gasteiger partial charge is 0.472 e. The van der Waals surface area contributed by atoms with Crippen LogP contribution < -0.4 is 0 Å². The van der Waals surface area contributed by atoms with Gasteiger partial charge in [0.2, 0.25) is 0 Å². The minimum atomic E-state index is -0.486. The first-order valence-electron chi connectivity index (χ1n) is 12.5. The minimum Gasteiger partial charge on any atom is -0.472 e. The molecule has 5 nitrogen and oxygen atoms in total. The van der Waals surface area contributed by atoms with E-state index in [2.05, 4.69) is 46.8 Å². The third-order valence-corrected chi connectivity index (χ3v) is 11.2. The number of rotatable bonds is 2. The second-order valence-electron chi connectivity index (χ2n) is 12.7. The fourth-order valence-electron chi connectivity index (χ4n) is 9.76. The van der Waals surface area contributed by atoms with Gasteiger partial charge in [-0.25, -0.2) is 0 Å². The monoisotopic (exact) mass is 452 g/mol. The Bertz CT molecular complexity index is 1050. The van der Waals surface area contributed by atoms with E-state index in [4.69, 9.17) is 13.9 Å². The number of furan rings is 1. The van der Waals surface area contributed by atoms with Crippen LogP contribution in [0.1, 0.15) is 78.7 Å². The summed E-state index contributed by atoms with van der Waals surface area (Å²) in [5, 5.41) is 0. The van der Waals surface area contributed by atoms with Gasteiger partial charge in [-0.3, -0.25) is 9.59 Å². The second kappa shape index (κ2) is 6.21. The zero-order valence-corrected chi connectivity index (χ0v) is 20.6. The Balaban J connectivity index is 1.52. The Morgan fingerprint density at radius 3 is 2.55 bits per heavy atom. The van der Waals surface area contributed by atoms with Crippen molar-refractivity contribution < 1.29 is 23.5 Å². The third kappa shape index (κ3) is 2.28. The van der Waals surface area contributed by atoms with E-state index in [1.54, 1.807) is 6.26 Å². The van der Waals surface area contributed by atoms with Gasteiger partial charge in [0.05, 0.1) is 18.6 Å². The molecule has 4 aliphatic carbocycles. The molecule has 9 atom stereocenters. The van der Waals surface area contributed by atoms with Gasteiger partial charge in [-0.05, 0) is 66.6 Å². The van der Waals surface area contributed by atoms with Crippen LogP contribution in [0.3, 0.4) is 0 Å². The van der Waals surface area contributed by atoms with Crippen molar-refractivity contribution in [3.63, 3.8) is 0 Å². The molecule has 9 unspecified atom stereocenters. The third-order valence-electron chi connectivity index (χ3n) is 11.2. The van der Waals surface area contributed by atoms with Gasteiger partial charge >= 0.3 is 5.97 Å². The molecule has 6 rings (SSSR count). The highest BCUT2D eigenvalue weighted by molar-refractivity contribution is 5.95. The predicted molar refractivity (Wildman–Crippen MR) is 122 cm³/mol. The van der Waals surface area contributed by atoms with E-state index in [1.807, 2.05) is 12.3 Å². The van der Waals surface area contributed by atoms with Crippen LogP contribution in [0.2, 0.25) is 0 Å². The first-order chi connectivity index (χ1) is 15.4. The number of carbonyl (C=O) groups excluding carboxylic acids is 2. The highest BCUT2D eigenvalue weighted by Gasteiger charge is 2.87. The SMILES string of the molecule is CC(=O)OC1CC2C(C)(C)C(=O)C=CC2(C)C2CCC3(C)C(c4ccoc4)CC4OC43C12C. The molecule has 1 aliphatic heterocycles. The second-order valence-corrected chi connectivity index (χ2v) is 12.7. The summed E-state index contributed by atoms with van der Waals surface area (Å²) in [5.74, 6) is 0.683. The molecule has 1 aromatic rings. The molecule has 4 fully saturated rings. The van der Waals surface area contributed by atoms with Crippen molar-refractivity contribution in [2.24, 2.45) is 33.5 Å². The molecule has 1 saturated heterocycles. The number of hydrogen-bond acceptors (Lipinski definition) is 5. The molecule has 0 bridgehead atoms. The summed E-state index contributed by atoms with van der Waals surface area (Å²) in [6.07, 6.45) is 11.3. The quantitative estimate of drug-likeness (QED) is 0.441. The van der Waals surface area contributed by atoms with Crippen molar-refractivity contribution in [2.75, 3.05) is 0 Å². The average molecular weight is 453 g/mol. The summed E-state index contributed by atoms with van der Waals surface area (Å²) < 4.78 is 18.4. The van der Waals surface area contributed by atoms with Crippen LogP contribution in [-0.2, 0) is 19.1 Å². The fourth-order valence-corrected chi connectivity index (χ4v) is 9.76. The van der Waals surface area contributed by atoms with Crippen LogP contribution in [-0.4, -0.2) is 29.6 Å². The van der Waals surface area contributed by atoms with Gasteiger partial charge in [0, 0.05) is 23.2 Å². The van der Waals surface area contributed by atoms with Crippen molar-refractivity contribution in [3.05, 3.63) is 36.3 Å². The number of ether oxygens (including phenoxy) is 2. The molecule has 5 heteroatoms. The van der Waals surface area contributed by atoms with Crippen LogP contribution in [0.25, 0.3) is 0 Å². The van der Waals surface area contributed by atoms with Gasteiger partial charge in [-0.15, -0.1) is 0 Å². The van der Waals surface area contributed by atoms with Gasteiger partial charge in [0.25, 0.3) is 0 Å². The molecule has 0 radical (unpaired) electrons. The Morgan fingerprint density at radius 2 is 1.88 bits per heavy atom. The van der Waals surface area contributed by atoms with E-state index in [0.717, 1.165) is 19.3 Å². The smallest absolute Gasteiger partial charge is 0.302 e. The average Bonchev–Trinajstić information content (AvgIpc) is 3.10. The zero-order valence-electron chi connectivity index (χ0n) is 20.6. The lowest BCUT2D eigenvalue weighted by Gasteiger charge is -2.67. The van der Waals surface area contributed by atoms with Gasteiger partial charge in [-0.1, -0.05) is 40.7 Å². The summed E-state index contributed by atoms with van der Waals surface area (Å²) in [6.45, 7) is 12.7. The summed E-state index contributed by atoms with van der Waals surface area (Å²) in [5.41, 5.74) is -0.107. The van der Waals surface area contributed by atoms with E-state index in [1.165, 1.54) is 12.5 Å². The van der Waals surface area contributed by atoms with Gasteiger partial charge in [0.15, 0.2) is 5.78 Å². The molecule has 0 aromatic carbocycles. The van der Waals surface area contributed by atoms with E-state index < -0.39 is 5.41 Å². The number of epoxide rings is 1. The van der Waals surface area contributed by atoms with E-state index in [-0.39, 0.29) is 57.6 Å². The van der Waals surface area contributed by atoms with E-state index >= 15 is 0 Å². The Morgan fingerprint density at radius 1 is 1.12 bits per heavy atom. The van der Waals surface area contributed by atoms with E-state index in [9.17, 15) is 9.59 Å². The topological polar surface area (TPSA) is 69.0 Å². The lowest BCUT2D eigenvalue weighted by Crippen LogP contribution is -2.70. The molecule has 2 heterocycles. The molecule has 0 N–H and O–H groups in total. The van der Waals surface area contributed by atoms with Crippen LogP contribution in [0.5, 0.6) is 0 Å². The van der Waals surface area contributed by atoms with Gasteiger partial charge in [-0.2, -0.15) is 0 Å². The van der Waals surface area contributed by atoms with Gasteiger partial charge < -0.3 is 13.9 Å². The van der Waals surface area contributed by atoms with E-state index in [0.29, 0.717) is 12.3 Å². The molecule has 1 spiro atoms. The molecule has 178 valence electrons. The van der Waals surface area contributed by atoms with Crippen LogP contribution >= 0.6 is 0 Å². The van der Waals surface area contributed by atoms with Crippen LogP contribution in [0.4, 0.5) is 0 Å².